The minimum absolute atomic E-state index is 0.286. The maximum atomic E-state index is 10.8. The van der Waals surface area contributed by atoms with Crippen LogP contribution < -0.4 is 5.32 Å². The van der Waals surface area contributed by atoms with Gasteiger partial charge in [-0.3, -0.25) is 0 Å². The van der Waals surface area contributed by atoms with E-state index >= 15 is 0 Å². The lowest BCUT2D eigenvalue weighted by atomic mass is 10.1. The van der Waals surface area contributed by atoms with Crippen molar-refractivity contribution in [3.8, 4) is 0 Å². The Bertz CT molecular complexity index is 235. The summed E-state index contributed by atoms with van der Waals surface area (Å²) in [6.07, 6.45) is 3.13. The molecule has 0 aromatic rings. The van der Waals surface area contributed by atoms with Crippen molar-refractivity contribution in [2.24, 2.45) is 5.92 Å². The number of hydrogen-bond acceptors (Lipinski definition) is 3. The maximum Gasteiger partial charge on any atom is 0.147 e. The molecule has 0 aromatic carbocycles. The molecule has 0 spiro atoms. The molecular weight excluding hydrogens is 198 g/mol. The first-order valence-electron chi connectivity index (χ1n) is 5.22. The summed E-state index contributed by atoms with van der Waals surface area (Å²) < 4.78 is 21.7. The Morgan fingerprint density at radius 1 is 1.21 bits per heavy atom. The Morgan fingerprint density at radius 3 is 2.21 bits per heavy atom. The van der Waals surface area contributed by atoms with E-state index in [2.05, 4.69) is 26.1 Å². The van der Waals surface area contributed by atoms with Gasteiger partial charge in [0.1, 0.15) is 9.84 Å². The summed E-state index contributed by atoms with van der Waals surface area (Å²) in [5.74, 6) is 0.974. The van der Waals surface area contributed by atoms with Gasteiger partial charge in [0, 0.05) is 12.3 Å². The third-order valence-corrected chi connectivity index (χ3v) is 3.04. The van der Waals surface area contributed by atoms with Crippen LogP contribution in [-0.2, 0) is 9.84 Å². The fourth-order valence-electron chi connectivity index (χ4n) is 1.47. The van der Waals surface area contributed by atoms with Gasteiger partial charge in [0.2, 0.25) is 0 Å². The van der Waals surface area contributed by atoms with E-state index in [0.717, 1.165) is 13.0 Å². The molecule has 0 saturated carbocycles. The van der Waals surface area contributed by atoms with Gasteiger partial charge in [-0.2, -0.15) is 0 Å². The van der Waals surface area contributed by atoms with E-state index in [1.807, 2.05) is 0 Å². The minimum Gasteiger partial charge on any atom is -0.314 e. The van der Waals surface area contributed by atoms with Crippen molar-refractivity contribution in [2.45, 2.75) is 39.7 Å². The molecule has 0 heterocycles. The monoisotopic (exact) mass is 221 g/mol. The van der Waals surface area contributed by atoms with Crippen LogP contribution in [-0.4, -0.2) is 33.0 Å². The van der Waals surface area contributed by atoms with E-state index in [1.165, 1.54) is 6.26 Å². The van der Waals surface area contributed by atoms with Crippen LogP contribution in [0.15, 0.2) is 0 Å². The quantitative estimate of drug-likeness (QED) is 0.662. The van der Waals surface area contributed by atoms with Crippen molar-refractivity contribution in [1.29, 1.82) is 0 Å². The number of nitrogens with one attached hydrogen (secondary N) is 1. The molecule has 1 N–H and O–H groups in total. The number of sulfone groups is 1. The Hall–Kier alpha value is -0.0900. The zero-order chi connectivity index (χ0) is 11.2. The van der Waals surface area contributed by atoms with Crippen LogP contribution in [0.25, 0.3) is 0 Å². The highest BCUT2D eigenvalue weighted by atomic mass is 32.2. The first kappa shape index (κ1) is 13.9. The molecule has 4 heteroatoms. The van der Waals surface area contributed by atoms with E-state index < -0.39 is 9.84 Å². The molecule has 1 unspecified atom stereocenters. The Kier molecular flexibility index (Phi) is 6.36. The van der Waals surface area contributed by atoms with Crippen LogP contribution in [0.2, 0.25) is 0 Å². The van der Waals surface area contributed by atoms with Crippen LogP contribution in [0.4, 0.5) is 0 Å². The molecule has 0 rings (SSSR count). The fraction of sp³-hybridized carbons (Fsp3) is 1.00. The lowest BCUT2D eigenvalue weighted by Gasteiger charge is -2.15. The van der Waals surface area contributed by atoms with Crippen molar-refractivity contribution in [1.82, 2.24) is 5.32 Å². The zero-order valence-corrected chi connectivity index (χ0v) is 10.5. The second-order valence-corrected chi connectivity index (χ2v) is 6.73. The van der Waals surface area contributed by atoms with Gasteiger partial charge < -0.3 is 5.32 Å². The van der Waals surface area contributed by atoms with Gasteiger partial charge >= 0.3 is 0 Å². The van der Waals surface area contributed by atoms with E-state index in [-0.39, 0.29) is 5.75 Å². The summed E-state index contributed by atoms with van der Waals surface area (Å²) in [6, 6.07) is 0.481. The zero-order valence-electron chi connectivity index (χ0n) is 9.71. The van der Waals surface area contributed by atoms with Crippen molar-refractivity contribution in [3.63, 3.8) is 0 Å². The maximum absolute atomic E-state index is 10.8. The molecule has 0 bridgehead atoms. The fourth-order valence-corrected chi connectivity index (χ4v) is 2.14. The topological polar surface area (TPSA) is 46.2 Å². The molecule has 14 heavy (non-hydrogen) atoms. The van der Waals surface area contributed by atoms with E-state index in [9.17, 15) is 8.42 Å². The lowest BCUT2D eigenvalue weighted by molar-refractivity contribution is 0.442. The predicted molar refractivity (Wildman–Crippen MR) is 61.2 cm³/mol. The van der Waals surface area contributed by atoms with Crippen molar-refractivity contribution >= 4 is 9.84 Å². The van der Waals surface area contributed by atoms with Crippen molar-refractivity contribution in [3.05, 3.63) is 0 Å². The summed E-state index contributed by atoms with van der Waals surface area (Å²) in [7, 11) is -2.79. The highest BCUT2D eigenvalue weighted by molar-refractivity contribution is 7.90. The number of rotatable bonds is 7. The molecule has 0 aromatic heterocycles. The Labute approximate surface area is 88.2 Å². The standard InChI is InChI=1S/C10H23NO2S/c1-9(2)8-10(3)11-6-5-7-14(4,12)13/h9-11H,5-8H2,1-4H3. The average molecular weight is 221 g/mol. The Balaban J connectivity index is 3.45. The lowest BCUT2D eigenvalue weighted by Crippen LogP contribution is -2.29. The highest BCUT2D eigenvalue weighted by Crippen LogP contribution is 2.03. The number of hydrogen-bond donors (Lipinski definition) is 1. The molecule has 86 valence electrons. The minimum atomic E-state index is -2.79. The third-order valence-electron chi connectivity index (χ3n) is 2.01. The van der Waals surface area contributed by atoms with Crippen LogP contribution in [0.1, 0.15) is 33.6 Å². The SMILES string of the molecule is CC(C)CC(C)NCCCS(C)(=O)=O. The van der Waals surface area contributed by atoms with Crippen molar-refractivity contribution in [2.75, 3.05) is 18.6 Å². The second-order valence-electron chi connectivity index (χ2n) is 4.47. The van der Waals surface area contributed by atoms with E-state index in [1.54, 1.807) is 0 Å². The predicted octanol–water partition coefficient (Wildman–Crippen LogP) is 1.45. The molecule has 0 radical (unpaired) electrons. The molecule has 0 aliphatic rings. The molecule has 3 nitrogen and oxygen atoms in total. The van der Waals surface area contributed by atoms with E-state index in [0.29, 0.717) is 18.4 Å². The molecule has 0 fully saturated rings. The smallest absolute Gasteiger partial charge is 0.147 e. The van der Waals surface area contributed by atoms with E-state index in [4.69, 9.17) is 0 Å². The normalized spacial score (nSPS) is 14.6. The van der Waals surface area contributed by atoms with Gasteiger partial charge in [-0.15, -0.1) is 0 Å². The highest BCUT2D eigenvalue weighted by Gasteiger charge is 2.05. The van der Waals surface area contributed by atoms with Gasteiger partial charge in [-0.1, -0.05) is 13.8 Å². The van der Waals surface area contributed by atoms with Gasteiger partial charge in [0.25, 0.3) is 0 Å². The molecule has 0 saturated heterocycles. The summed E-state index contributed by atoms with van der Waals surface area (Å²) in [4.78, 5) is 0. The first-order chi connectivity index (χ1) is 6.31. The van der Waals surface area contributed by atoms with Crippen LogP contribution in [0, 0.1) is 5.92 Å². The summed E-state index contributed by atoms with van der Waals surface area (Å²) in [5, 5.41) is 3.32. The first-order valence-corrected chi connectivity index (χ1v) is 7.28. The van der Waals surface area contributed by atoms with Crippen molar-refractivity contribution < 1.29 is 8.42 Å². The van der Waals surface area contributed by atoms with Gasteiger partial charge in [-0.05, 0) is 32.2 Å². The third kappa shape index (κ3) is 9.99. The molecule has 0 aliphatic heterocycles. The average Bonchev–Trinajstić information content (AvgIpc) is 1.95. The molecule has 1 atom stereocenters. The Morgan fingerprint density at radius 2 is 1.79 bits per heavy atom. The largest absolute Gasteiger partial charge is 0.314 e. The summed E-state index contributed by atoms with van der Waals surface area (Å²) in [6.45, 7) is 7.31. The van der Waals surface area contributed by atoms with Crippen LogP contribution >= 0.6 is 0 Å². The second kappa shape index (κ2) is 6.40. The molecular formula is C10H23NO2S. The summed E-state index contributed by atoms with van der Waals surface area (Å²) in [5.41, 5.74) is 0. The van der Waals surface area contributed by atoms with Crippen LogP contribution in [0.5, 0.6) is 0 Å². The van der Waals surface area contributed by atoms with Gasteiger partial charge in [0.15, 0.2) is 0 Å². The van der Waals surface area contributed by atoms with Gasteiger partial charge in [0.05, 0.1) is 5.75 Å². The van der Waals surface area contributed by atoms with Gasteiger partial charge in [-0.25, -0.2) is 8.42 Å². The molecule has 0 amide bonds. The van der Waals surface area contributed by atoms with Crippen LogP contribution in [0.3, 0.4) is 0 Å². The summed E-state index contributed by atoms with van der Waals surface area (Å²) >= 11 is 0. The molecule has 0 aliphatic carbocycles.